The Morgan fingerprint density at radius 3 is 1.86 bits per heavy atom. The molecule has 2 aliphatic rings. The van der Waals surface area contributed by atoms with Gasteiger partial charge in [0.2, 0.25) is 11.8 Å². The predicted octanol–water partition coefficient (Wildman–Crippen LogP) is 9.45. The number of methoxy groups -OCH3 is 1. The Kier molecular flexibility index (Phi) is 12.3. The predicted molar refractivity (Wildman–Crippen MR) is 233 cm³/mol. The monoisotopic (exact) mass is 818 g/mol. The van der Waals surface area contributed by atoms with E-state index in [0.717, 1.165) is 81.9 Å². The van der Waals surface area contributed by atoms with Crippen molar-refractivity contribution in [2.24, 2.45) is 16.8 Å². The topological polar surface area (TPSA) is 149 Å². The lowest BCUT2D eigenvalue weighted by atomic mass is 9.99. The van der Waals surface area contributed by atoms with Gasteiger partial charge >= 0.3 is 6.09 Å². The Bertz CT molecular complexity index is 2330. The highest BCUT2D eigenvalue weighted by Gasteiger charge is 2.42. The number of nitrogens with one attached hydrogen (secondary N) is 3. The first-order chi connectivity index (χ1) is 28.2. The fourth-order valence-electron chi connectivity index (χ4n) is 8.66. The second-order valence-electron chi connectivity index (χ2n) is 16.7. The Morgan fingerprint density at radius 1 is 0.763 bits per heavy atom. The van der Waals surface area contributed by atoms with Crippen molar-refractivity contribution in [2.75, 3.05) is 7.11 Å². The van der Waals surface area contributed by atoms with E-state index in [1.807, 2.05) is 56.7 Å². The number of carbonyl (C=O) groups is 3. The number of H-pyrrole nitrogens is 2. The number of amides is 3. The molecule has 4 heterocycles. The van der Waals surface area contributed by atoms with E-state index >= 15 is 0 Å². The molecule has 0 aliphatic carbocycles. The van der Waals surface area contributed by atoms with Crippen molar-refractivity contribution in [3.63, 3.8) is 0 Å². The van der Waals surface area contributed by atoms with Crippen LogP contribution in [0.2, 0.25) is 0 Å². The van der Waals surface area contributed by atoms with Crippen LogP contribution >= 0.6 is 11.6 Å². The summed E-state index contributed by atoms with van der Waals surface area (Å²) in [4.78, 5) is 64.7. The van der Waals surface area contributed by atoms with Gasteiger partial charge in [0, 0.05) is 12.1 Å². The third kappa shape index (κ3) is 8.64. The van der Waals surface area contributed by atoms with Crippen LogP contribution in [-0.4, -0.2) is 84.1 Å². The van der Waals surface area contributed by atoms with Gasteiger partial charge in [0.15, 0.2) is 0 Å². The quantitative estimate of drug-likeness (QED) is 0.113. The van der Waals surface area contributed by atoms with Crippen LogP contribution in [0, 0.1) is 11.8 Å². The van der Waals surface area contributed by atoms with E-state index in [2.05, 4.69) is 87.9 Å². The molecular weight excluding hydrogens is 764 g/mol. The third-order valence-corrected chi connectivity index (χ3v) is 12.0. The lowest BCUT2D eigenvalue weighted by Crippen LogP contribution is -2.52. The van der Waals surface area contributed by atoms with E-state index in [-0.39, 0.29) is 47.8 Å². The molecule has 310 valence electrons. The van der Waals surface area contributed by atoms with Crippen molar-refractivity contribution in [3.05, 3.63) is 84.6 Å². The molecular formula is C46H55ClN8O4. The Balaban J connectivity index is 1.04. The van der Waals surface area contributed by atoms with Gasteiger partial charge in [-0.15, -0.1) is 0 Å². The molecule has 3 aromatic carbocycles. The lowest BCUT2D eigenvalue weighted by Gasteiger charge is -2.32. The fourth-order valence-corrected chi connectivity index (χ4v) is 8.76. The highest BCUT2D eigenvalue weighted by molar-refractivity contribution is 6.64. The summed E-state index contributed by atoms with van der Waals surface area (Å²) in [6.07, 6.45) is 4.58. The Labute approximate surface area is 351 Å². The zero-order valence-corrected chi connectivity index (χ0v) is 35.9. The first-order valence-electron chi connectivity index (χ1n) is 20.7. The van der Waals surface area contributed by atoms with Crippen molar-refractivity contribution in [1.29, 1.82) is 0 Å². The van der Waals surface area contributed by atoms with Crippen LogP contribution in [0.15, 0.2) is 77.9 Å². The molecule has 3 amide bonds. The smallest absolute Gasteiger partial charge is 0.407 e. The molecule has 0 radical (unpaired) electrons. The van der Waals surface area contributed by atoms with Crippen LogP contribution in [-0.2, 0) is 14.3 Å². The van der Waals surface area contributed by atoms with E-state index in [0.29, 0.717) is 5.17 Å². The number of aromatic amines is 2. The number of aliphatic imine (C=N–C) groups is 1. The van der Waals surface area contributed by atoms with Gasteiger partial charge in [-0.3, -0.25) is 14.6 Å². The van der Waals surface area contributed by atoms with Crippen LogP contribution in [0.1, 0.15) is 97.9 Å². The number of nitrogens with zero attached hydrogens (tertiary/aromatic N) is 5. The first-order valence-corrected chi connectivity index (χ1v) is 21.1. The van der Waals surface area contributed by atoms with E-state index < -0.39 is 18.2 Å². The van der Waals surface area contributed by atoms with Crippen LogP contribution in [0.3, 0.4) is 0 Å². The molecule has 12 nitrogen and oxygen atoms in total. The van der Waals surface area contributed by atoms with Gasteiger partial charge in [-0.2, -0.15) is 0 Å². The minimum atomic E-state index is -0.700. The molecule has 0 saturated carbocycles. The number of hydrogen-bond acceptors (Lipinski definition) is 7. The molecule has 2 fully saturated rings. The van der Waals surface area contributed by atoms with Gasteiger partial charge in [0.05, 0.1) is 47.3 Å². The van der Waals surface area contributed by atoms with E-state index in [4.69, 9.17) is 26.3 Å². The summed E-state index contributed by atoms with van der Waals surface area (Å²) < 4.78 is 4.80. The number of alkyl carbamates (subject to hydrolysis) is 1. The average Bonchev–Trinajstić information content (AvgIpc) is 4.04. The molecule has 7 rings (SSSR count). The normalized spacial score (nSPS) is 20.8. The average molecular weight is 819 g/mol. The molecule has 3 N–H and O–H groups in total. The summed E-state index contributed by atoms with van der Waals surface area (Å²) >= 11 is 6.12. The standard InChI is InChI=1S/C46H55ClN8O4/c1-25(2)40(49-29(7)47)44(56)54-27(5)9-21-38(54)42-48-24-37(52-42)33-17-15-31(16-18-33)30-11-13-32(14-12-30)34-19-20-35-36(23-34)51-43(50-35)39-22-10-28(6)55(39)45(57)41(26(3)4)53-46(58)59-8/h11-20,23-28,38-41H,9-10,21-22H2,1-8H3,(H,48,52)(H,50,51)(H,53,58). The first kappa shape index (κ1) is 41.7. The highest BCUT2D eigenvalue weighted by atomic mass is 35.5. The highest BCUT2D eigenvalue weighted by Crippen LogP contribution is 2.39. The zero-order chi connectivity index (χ0) is 42.1. The number of benzene rings is 3. The third-order valence-electron chi connectivity index (χ3n) is 11.9. The summed E-state index contributed by atoms with van der Waals surface area (Å²) in [5, 5.41) is 3.12. The molecule has 59 heavy (non-hydrogen) atoms. The van der Waals surface area contributed by atoms with E-state index in [9.17, 15) is 14.4 Å². The molecule has 2 aromatic heterocycles. The van der Waals surface area contributed by atoms with Crippen molar-refractivity contribution in [3.8, 4) is 33.5 Å². The van der Waals surface area contributed by atoms with E-state index in [1.54, 1.807) is 6.92 Å². The molecule has 5 aromatic rings. The van der Waals surface area contributed by atoms with Gasteiger partial charge in [-0.1, -0.05) is 93.9 Å². The number of rotatable bonds is 11. The van der Waals surface area contributed by atoms with Crippen LogP contribution in [0.5, 0.6) is 0 Å². The molecule has 2 aliphatic heterocycles. The second kappa shape index (κ2) is 17.4. The summed E-state index contributed by atoms with van der Waals surface area (Å²) in [6, 6.07) is 21.6. The summed E-state index contributed by atoms with van der Waals surface area (Å²) in [6.45, 7) is 13.7. The number of hydrogen-bond donors (Lipinski definition) is 3. The van der Waals surface area contributed by atoms with Gasteiger partial charge in [-0.05, 0) is 98.2 Å². The molecule has 6 unspecified atom stereocenters. The van der Waals surface area contributed by atoms with Crippen LogP contribution in [0.4, 0.5) is 4.79 Å². The number of carbonyl (C=O) groups excluding carboxylic acids is 3. The molecule has 0 spiro atoms. The van der Waals surface area contributed by atoms with Crippen molar-refractivity contribution in [1.82, 2.24) is 35.1 Å². The largest absolute Gasteiger partial charge is 0.453 e. The minimum Gasteiger partial charge on any atom is -0.453 e. The number of halogens is 1. The summed E-state index contributed by atoms with van der Waals surface area (Å²) in [5.74, 6) is 1.29. The Hall–Kier alpha value is -5.49. The summed E-state index contributed by atoms with van der Waals surface area (Å²) in [7, 11) is 1.30. The zero-order valence-electron chi connectivity index (χ0n) is 35.1. The van der Waals surface area contributed by atoms with Gasteiger partial charge in [0.1, 0.15) is 23.7 Å². The number of ether oxygens (including phenoxy) is 1. The maximum absolute atomic E-state index is 13.8. The van der Waals surface area contributed by atoms with E-state index in [1.165, 1.54) is 7.11 Å². The molecule has 13 heteroatoms. The maximum Gasteiger partial charge on any atom is 0.407 e. The van der Waals surface area contributed by atoms with Crippen molar-refractivity contribution < 1.29 is 19.1 Å². The summed E-state index contributed by atoms with van der Waals surface area (Å²) in [5.41, 5.74) is 7.97. The minimum absolute atomic E-state index is 0.00516. The lowest BCUT2D eigenvalue weighted by molar-refractivity contribution is -0.137. The number of aromatic nitrogens is 4. The fraction of sp³-hybridized carbons (Fsp3) is 0.435. The maximum atomic E-state index is 13.8. The SMILES string of the molecule is COC(=O)NC(C(=O)N1C(C)CCC1c1nc2ccc(-c3ccc(-c4ccc(-c5cnc(C6CCC(C)N6C(=O)C(N=C(C)Cl)C(C)C)[nH]5)cc4)cc3)cc2[nH]1)C(C)C. The Morgan fingerprint density at radius 2 is 1.31 bits per heavy atom. The van der Waals surface area contributed by atoms with Gasteiger partial charge < -0.3 is 29.8 Å². The second-order valence-corrected chi connectivity index (χ2v) is 17.3. The molecule has 0 bridgehead atoms. The number of likely N-dealkylation sites (tertiary alicyclic amines) is 2. The van der Waals surface area contributed by atoms with Gasteiger partial charge in [0.25, 0.3) is 0 Å². The number of fused-ring (bicyclic) bond motifs is 1. The molecule has 2 saturated heterocycles. The number of imidazole rings is 2. The van der Waals surface area contributed by atoms with Crippen molar-refractivity contribution >= 4 is 45.7 Å². The molecule has 6 atom stereocenters. The van der Waals surface area contributed by atoms with Crippen LogP contribution in [0.25, 0.3) is 44.5 Å². The van der Waals surface area contributed by atoms with Gasteiger partial charge in [-0.25, -0.2) is 14.8 Å². The van der Waals surface area contributed by atoms with Crippen molar-refractivity contribution in [2.45, 2.75) is 110 Å². The van der Waals surface area contributed by atoms with Crippen LogP contribution < -0.4 is 5.32 Å².